The highest BCUT2D eigenvalue weighted by Crippen LogP contribution is 2.24. The molecule has 0 aliphatic heterocycles. The van der Waals surface area contributed by atoms with Crippen molar-refractivity contribution in [2.45, 2.75) is 6.61 Å². The van der Waals surface area contributed by atoms with Gasteiger partial charge in [-0.2, -0.15) is 8.78 Å². The van der Waals surface area contributed by atoms with Gasteiger partial charge in [-0.25, -0.2) is 4.39 Å². The van der Waals surface area contributed by atoms with Gasteiger partial charge in [0.1, 0.15) is 0 Å². The topological polar surface area (TPSA) is 38.3 Å². The highest BCUT2D eigenvalue weighted by atomic mass is 19.3. The molecule has 0 spiro atoms. The molecule has 3 nitrogen and oxygen atoms in total. The van der Waals surface area contributed by atoms with E-state index < -0.39 is 24.1 Å². The van der Waals surface area contributed by atoms with Crippen molar-refractivity contribution in [1.29, 1.82) is 0 Å². The third kappa shape index (κ3) is 2.61. The number of amides is 1. The Kier molecular flexibility index (Phi) is 3.54. The number of nitrogens with one attached hydrogen (secondary N) is 1. The molecule has 1 amide bonds. The van der Waals surface area contributed by atoms with Crippen LogP contribution in [0.5, 0.6) is 5.75 Å². The van der Waals surface area contributed by atoms with Crippen molar-refractivity contribution < 1.29 is 22.7 Å². The molecule has 1 aromatic rings. The predicted molar refractivity (Wildman–Crippen MR) is 46.4 cm³/mol. The minimum absolute atomic E-state index is 0.266. The van der Waals surface area contributed by atoms with E-state index in [1.54, 1.807) is 0 Å². The van der Waals surface area contributed by atoms with E-state index in [4.69, 9.17) is 0 Å². The van der Waals surface area contributed by atoms with Crippen molar-refractivity contribution in [3.8, 4) is 5.75 Å². The van der Waals surface area contributed by atoms with Gasteiger partial charge in [0.05, 0.1) is 5.56 Å². The second-order valence-electron chi connectivity index (χ2n) is 2.57. The van der Waals surface area contributed by atoms with Gasteiger partial charge < -0.3 is 10.1 Å². The summed E-state index contributed by atoms with van der Waals surface area (Å²) in [6, 6.07) is 3.36. The molecule has 15 heavy (non-hydrogen) atoms. The van der Waals surface area contributed by atoms with Crippen LogP contribution in [0.2, 0.25) is 0 Å². The van der Waals surface area contributed by atoms with E-state index in [0.717, 1.165) is 6.07 Å². The van der Waals surface area contributed by atoms with E-state index >= 15 is 0 Å². The van der Waals surface area contributed by atoms with E-state index in [1.165, 1.54) is 19.2 Å². The van der Waals surface area contributed by atoms with E-state index in [2.05, 4.69) is 10.1 Å². The Hall–Kier alpha value is -1.72. The number of ether oxygens (including phenoxy) is 1. The minimum atomic E-state index is -3.18. The quantitative estimate of drug-likeness (QED) is 0.841. The van der Waals surface area contributed by atoms with E-state index in [-0.39, 0.29) is 5.56 Å². The highest BCUT2D eigenvalue weighted by molar-refractivity contribution is 5.96. The number of benzene rings is 1. The van der Waals surface area contributed by atoms with Crippen LogP contribution in [-0.2, 0) is 0 Å². The summed E-state index contributed by atoms with van der Waals surface area (Å²) in [5, 5.41) is 2.19. The molecule has 0 heterocycles. The molecule has 0 fully saturated rings. The van der Waals surface area contributed by atoms with Gasteiger partial charge in [0, 0.05) is 7.05 Å². The van der Waals surface area contributed by atoms with Crippen LogP contribution in [0.15, 0.2) is 18.2 Å². The molecule has 1 aromatic carbocycles. The lowest BCUT2D eigenvalue weighted by Gasteiger charge is -2.09. The number of para-hydroxylation sites is 1. The summed E-state index contributed by atoms with van der Waals surface area (Å²) in [5.74, 6) is -2.44. The molecule has 0 atom stereocenters. The third-order valence-corrected chi connectivity index (χ3v) is 1.65. The molecule has 0 unspecified atom stereocenters. The Bertz CT molecular complexity index is 368. The van der Waals surface area contributed by atoms with E-state index in [9.17, 15) is 18.0 Å². The van der Waals surface area contributed by atoms with Crippen LogP contribution >= 0.6 is 0 Å². The van der Waals surface area contributed by atoms with E-state index in [0.29, 0.717) is 0 Å². The summed E-state index contributed by atoms with van der Waals surface area (Å²) in [5.41, 5.74) is -0.266. The van der Waals surface area contributed by atoms with Gasteiger partial charge in [0.25, 0.3) is 5.91 Å². The fraction of sp³-hybridized carbons (Fsp3) is 0.222. The van der Waals surface area contributed by atoms with Crippen molar-refractivity contribution in [2.24, 2.45) is 0 Å². The van der Waals surface area contributed by atoms with Gasteiger partial charge in [-0.05, 0) is 12.1 Å². The molecule has 0 radical (unpaired) electrons. The summed E-state index contributed by atoms with van der Waals surface area (Å²) in [6.07, 6.45) is 0. The Balaban J connectivity index is 3.14. The minimum Gasteiger partial charge on any atom is -0.431 e. The maximum Gasteiger partial charge on any atom is 0.387 e. The number of hydrogen-bond acceptors (Lipinski definition) is 2. The fourth-order valence-electron chi connectivity index (χ4n) is 1.03. The number of carbonyl (C=O) groups excluding carboxylic acids is 1. The van der Waals surface area contributed by atoms with Gasteiger partial charge in [-0.3, -0.25) is 4.79 Å². The molecule has 82 valence electrons. The normalized spacial score (nSPS) is 10.2. The van der Waals surface area contributed by atoms with E-state index in [1.807, 2.05) is 0 Å². The molecule has 6 heteroatoms. The average molecular weight is 219 g/mol. The maximum absolute atomic E-state index is 13.1. The summed E-state index contributed by atoms with van der Waals surface area (Å²) in [7, 11) is 1.30. The van der Waals surface area contributed by atoms with Gasteiger partial charge in [-0.15, -0.1) is 0 Å². The SMILES string of the molecule is CNC(=O)c1cccc(F)c1OC(F)F. The second-order valence-corrected chi connectivity index (χ2v) is 2.57. The maximum atomic E-state index is 13.1. The monoisotopic (exact) mass is 219 g/mol. The lowest BCUT2D eigenvalue weighted by atomic mass is 10.2. The van der Waals surface area contributed by atoms with Crippen LogP contribution in [0.1, 0.15) is 10.4 Å². The second kappa shape index (κ2) is 4.68. The summed E-state index contributed by atoms with van der Waals surface area (Å²) in [4.78, 5) is 11.2. The Morgan fingerprint density at radius 3 is 2.67 bits per heavy atom. The summed E-state index contributed by atoms with van der Waals surface area (Å²) < 4.78 is 40.9. The van der Waals surface area contributed by atoms with Gasteiger partial charge in [-0.1, -0.05) is 6.07 Å². The average Bonchev–Trinajstić information content (AvgIpc) is 2.19. The Morgan fingerprint density at radius 2 is 2.13 bits per heavy atom. The standard InChI is InChI=1S/C9H8F3NO2/c1-13-8(14)5-3-2-4-6(10)7(5)15-9(11)12/h2-4,9H,1H3,(H,13,14). The molecular formula is C9H8F3NO2. The molecule has 0 aliphatic rings. The number of halogens is 3. The first-order valence-corrected chi connectivity index (χ1v) is 4.01. The third-order valence-electron chi connectivity index (χ3n) is 1.65. The van der Waals surface area contributed by atoms with Crippen molar-refractivity contribution in [3.63, 3.8) is 0 Å². The van der Waals surface area contributed by atoms with Gasteiger partial charge in [0.2, 0.25) is 0 Å². The zero-order valence-electron chi connectivity index (χ0n) is 7.76. The van der Waals surface area contributed by atoms with Crippen LogP contribution in [0.3, 0.4) is 0 Å². The van der Waals surface area contributed by atoms with Crippen molar-refractivity contribution in [3.05, 3.63) is 29.6 Å². The summed E-state index contributed by atoms with van der Waals surface area (Å²) in [6.45, 7) is -3.18. The molecule has 0 bridgehead atoms. The van der Waals surface area contributed by atoms with Crippen molar-refractivity contribution in [1.82, 2.24) is 5.32 Å². The van der Waals surface area contributed by atoms with Crippen LogP contribution in [0.25, 0.3) is 0 Å². The molecule has 1 rings (SSSR count). The molecule has 0 saturated carbocycles. The molecule has 0 aliphatic carbocycles. The number of carbonyl (C=O) groups is 1. The Morgan fingerprint density at radius 1 is 1.47 bits per heavy atom. The zero-order chi connectivity index (χ0) is 11.4. The fourth-order valence-corrected chi connectivity index (χ4v) is 1.03. The highest BCUT2D eigenvalue weighted by Gasteiger charge is 2.18. The predicted octanol–water partition coefficient (Wildman–Crippen LogP) is 1.79. The Labute approximate surface area is 83.8 Å². The lowest BCUT2D eigenvalue weighted by molar-refractivity contribution is -0.0525. The smallest absolute Gasteiger partial charge is 0.387 e. The largest absolute Gasteiger partial charge is 0.431 e. The van der Waals surface area contributed by atoms with Crippen LogP contribution in [0.4, 0.5) is 13.2 Å². The lowest BCUT2D eigenvalue weighted by Crippen LogP contribution is -2.20. The van der Waals surface area contributed by atoms with Crippen LogP contribution < -0.4 is 10.1 Å². The number of hydrogen-bond donors (Lipinski definition) is 1. The van der Waals surface area contributed by atoms with Crippen molar-refractivity contribution >= 4 is 5.91 Å². The molecule has 0 aromatic heterocycles. The number of alkyl halides is 2. The first kappa shape index (κ1) is 11.4. The van der Waals surface area contributed by atoms with Gasteiger partial charge >= 0.3 is 6.61 Å². The molecule has 0 saturated heterocycles. The molecule has 1 N–H and O–H groups in total. The van der Waals surface area contributed by atoms with Gasteiger partial charge in [0.15, 0.2) is 11.6 Å². The number of rotatable bonds is 3. The van der Waals surface area contributed by atoms with Crippen LogP contribution in [0, 0.1) is 5.82 Å². The first-order chi connectivity index (χ1) is 7.06. The molecular weight excluding hydrogens is 211 g/mol. The first-order valence-electron chi connectivity index (χ1n) is 4.01. The summed E-state index contributed by atoms with van der Waals surface area (Å²) >= 11 is 0. The van der Waals surface area contributed by atoms with Crippen molar-refractivity contribution in [2.75, 3.05) is 7.05 Å². The zero-order valence-corrected chi connectivity index (χ0v) is 7.76. The van der Waals surface area contributed by atoms with Crippen LogP contribution in [-0.4, -0.2) is 19.6 Å².